The van der Waals surface area contributed by atoms with Gasteiger partial charge in [-0.3, -0.25) is 14.6 Å². The van der Waals surface area contributed by atoms with Gasteiger partial charge >= 0.3 is 5.97 Å². The number of likely N-dealkylation sites (tertiary alicyclic amines) is 1. The maximum absolute atomic E-state index is 13.3. The Morgan fingerprint density at radius 2 is 1.75 bits per heavy atom. The summed E-state index contributed by atoms with van der Waals surface area (Å²) < 4.78 is 6.08. The van der Waals surface area contributed by atoms with Crippen LogP contribution >= 0.6 is 0 Å². The number of amides is 1. The van der Waals surface area contributed by atoms with Crippen molar-refractivity contribution < 1.29 is 19.4 Å². The van der Waals surface area contributed by atoms with E-state index >= 15 is 0 Å². The average Bonchev–Trinajstić information content (AvgIpc) is 3.10. The van der Waals surface area contributed by atoms with Gasteiger partial charge in [0.1, 0.15) is 5.72 Å². The Balaban J connectivity index is 1.47. The number of carbonyl (C=O) groups excluding carboxylic acids is 1. The third kappa shape index (κ3) is 3.80. The lowest BCUT2D eigenvalue weighted by molar-refractivity contribution is -0.170. The summed E-state index contributed by atoms with van der Waals surface area (Å²) in [5.74, 6) is -0.995. The fourth-order valence-electron chi connectivity index (χ4n) is 5.03. The van der Waals surface area contributed by atoms with E-state index in [1.54, 1.807) is 4.90 Å². The number of rotatable bonds is 4. The van der Waals surface area contributed by atoms with Crippen LogP contribution in [0.4, 0.5) is 0 Å². The van der Waals surface area contributed by atoms with Crippen molar-refractivity contribution in [3.05, 3.63) is 35.9 Å². The lowest BCUT2D eigenvalue weighted by Crippen LogP contribution is -2.59. The first kappa shape index (κ1) is 19.4. The van der Waals surface area contributed by atoms with Crippen molar-refractivity contribution >= 4 is 11.9 Å². The Morgan fingerprint density at radius 3 is 2.39 bits per heavy atom. The van der Waals surface area contributed by atoms with Crippen LogP contribution in [0.1, 0.15) is 50.5 Å². The van der Waals surface area contributed by atoms with E-state index in [4.69, 9.17) is 4.74 Å². The summed E-state index contributed by atoms with van der Waals surface area (Å²) in [6, 6.07) is 9.49. The lowest BCUT2D eigenvalue weighted by Gasteiger charge is -2.45. The standard InChI is InChI=1S/C22H30N2O4/c25-20(18-9-5-2-6-10-18)24-19(21(26)27)16-28-22(24)11-13-23(14-12-22)15-17-7-3-1-4-8-17/h1,3-4,7-8,18-19H,2,5-6,9-16H2,(H,26,27)/t19-/m0/s1. The molecule has 2 aliphatic heterocycles. The Kier molecular flexibility index (Phi) is 5.69. The first-order valence-corrected chi connectivity index (χ1v) is 10.6. The predicted molar refractivity (Wildman–Crippen MR) is 104 cm³/mol. The van der Waals surface area contributed by atoms with Crippen LogP contribution < -0.4 is 0 Å². The summed E-state index contributed by atoms with van der Waals surface area (Å²) in [4.78, 5) is 29.2. The molecule has 2 heterocycles. The quantitative estimate of drug-likeness (QED) is 0.862. The van der Waals surface area contributed by atoms with Crippen LogP contribution in [0.25, 0.3) is 0 Å². The molecular weight excluding hydrogens is 356 g/mol. The summed E-state index contributed by atoms with van der Waals surface area (Å²) in [5.41, 5.74) is 0.523. The van der Waals surface area contributed by atoms with Gasteiger partial charge in [0.15, 0.2) is 6.04 Å². The number of carboxylic acid groups (broad SMARTS) is 1. The van der Waals surface area contributed by atoms with Crippen molar-refractivity contribution in [2.75, 3.05) is 19.7 Å². The van der Waals surface area contributed by atoms with E-state index in [1.165, 1.54) is 12.0 Å². The monoisotopic (exact) mass is 386 g/mol. The summed E-state index contributed by atoms with van der Waals surface area (Å²) in [7, 11) is 0. The zero-order valence-electron chi connectivity index (χ0n) is 16.4. The Labute approximate surface area is 166 Å². The molecule has 2 saturated heterocycles. The van der Waals surface area contributed by atoms with Gasteiger partial charge in [-0.1, -0.05) is 49.6 Å². The fourth-order valence-corrected chi connectivity index (χ4v) is 5.03. The van der Waals surface area contributed by atoms with Crippen molar-refractivity contribution in [1.29, 1.82) is 0 Å². The van der Waals surface area contributed by atoms with E-state index in [0.29, 0.717) is 12.8 Å². The van der Waals surface area contributed by atoms with Gasteiger partial charge in [-0.05, 0) is 18.4 Å². The van der Waals surface area contributed by atoms with Crippen LogP contribution in [0.2, 0.25) is 0 Å². The highest BCUT2D eigenvalue weighted by Crippen LogP contribution is 2.40. The van der Waals surface area contributed by atoms with E-state index in [1.807, 2.05) is 18.2 Å². The smallest absolute Gasteiger partial charge is 0.328 e. The maximum Gasteiger partial charge on any atom is 0.328 e. The summed E-state index contributed by atoms with van der Waals surface area (Å²) in [6.07, 6.45) is 6.36. The van der Waals surface area contributed by atoms with Crippen molar-refractivity contribution in [1.82, 2.24) is 9.80 Å². The Morgan fingerprint density at radius 1 is 1.07 bits per heavy atom. The normalized spacial score (nSPS) is 25.9. The second-order valence-corrected chi connectivity index (χ2v) is 8.42. The summed E-state index contributed by atoms with van der Waals surface area (Å²) in [6.45, 7) is 2.58. The molecule has 1 aromatic rings. The SMILES string of the molecule is O=C(O)[C@@H]1COC2(CCN(Cc3ccccc3)CC2)N1C(=O)C1CCCCC1. The highest BCUT2D eigenvalue weighted by Gasteiger charge is 2.54. The summed E-state index contributed by atoms with van der Waals surface area (Å²) >= 11 is 0. The number of aliphatic carboxylic acids is 1. The Hall–Kier alpha value is -1.92. The van der Waals surface area contributed by atoms with Crippen molar-refractivity contribution in [3.63, 3.8) is 0 Å². The minimum atomic E-state index is -0.951. The molecule has 0 radical (unpaired) electrons. The molecule has 1 aromatic carbocycles. The van der Waals surface area contributed by atoms with Crippen molar-refractivity contribution in [3.8, 4) is 0 Å². The van der Waals surface area contributed by atoms with Gasteiger partial charge in [-0.2, -0.15) is 0 Å². The van der Waals surface area contributed by atoms with Crippen molar-refractivity contribution in [2.24, 2.45) is 5.92 Å². The molecular formula is C22H30N2O4. The minimum absolute atomic E-state index is 0.00103. The number of benzene rings is 1. The van der Waals surface area contributed by atoms with Crippen LogP contribution in [0, 0.1) is 5.92 Å². The second kappa shape index (κ2) is 8.21. The van der Waals surface area contributed by atoms with Gasteiger partial charge in [0.2, 0.25) is 5.91 Å². The van der Waals surface area contributed by atoms with E-state index in [-0.39, 0.29) is 18.4 Å². The molecule has 1 aliphatic carbocycles. The minimum Gasteiger partial charge on any atom is -0.480 e. The number of carboxylic acids is 1. The molecule has 3 aliphatic rings. The number of nitrogens with zero attached hydrogens (tertiary/aromatic N) is 2. The molecule has 0 aromatic heterocycles. The molecule has 4 rings (SSSR count). The van der Waals surface area contributed by atoms with E-state index < -0.39 is 17.7 Å². The molecule has 1 spiro atoms. The third-order valence-electron chi connectivity index (χ3n) is 6.62. The Bertz CT molecular complexity index is 694. The van der Waals surface area contributed by atoms with Gasteiger partial charge in [-0.25, -0.2) is 4.79 Å². The number of hydrogen-bond acceptors (Lipinski definition) is 4. The maximum atomic E-state index is 13.3. The average molecular weight is 386 g/mol. The van der Waals surface area contributed by atoms with Gasteiger partial charge in [0.25, 0.3) is 0 Å². The molecule has 28 heavy (non-hydrogen) atoms. The first-order chi connectivity index (χ1) is 13.6. The highest BCUT2D eigenvalue weighted by atomic mass is 16.5. The molecule has 0 unspecified atom stereocenters. The van der Waals surface area contributed by atoms with E-state index in [2.05, 4.69) is 17.0 Å². The molecule has 1 amide bonds. The topological polar surface area (TPSA) is 70.1 Å². The van der Waals surface area contributed by atoms with Crippen LogP contribution in [-0.2, 0) is 20.9 Å². The van der Waals surface area contributed by atoms with Crippen LogP contribution in [0.5, 0.6) is 0 Å². The van der Waals surface area contributed by atoms with Gasteiger partial charge in [-0.15, -0.1) is 0 Å². The van der Waals surface area contributed by atoms with Gasteiger partial charge < -0.3 is 9.84 Å². The van der Waals surface area contributed by atoms with Crippen molar-refractivity contribution in [2.45, 2.75) is 63.3 Å². The number of hydrogen-bond donors (Lipinski definition) is 1. The number of ether oxygens (including phenoxy) is 1. The van der Waals surface area contributed by atoms with Crippen LogP contribution in [-0.4, -0.2) is 58.2 Å². The second-order valence-electron chi connectivity index (χ2n) is 8.42. The van der Waals surface area contributed by atoms with Gasteiger partial charge in [0.05, 0.1) is 6.61 Å². The predicted octanol–water partition coefficient (Wildman–Crippen LogP) is 2.87. The van der Waals surface area contributed by atoms with Crippen LogP contribution in [0.3, 0.4) is 0 Å². The van der Waals surface area contributed by atoms with E-state index in [9.17, 15) is 14.7 Å². The molecule has 6 nitrogen and oxygen atoms in total. The molecule has 152 valence electrons. The molecule has 1 saturated carbocycles. The highest BCUT2D eigenvalue weighted by molar-refractivity contribution is 5.86. The molecule has 6 heteroatoms. The number of carbonyl (C=O) groups is 2. The lowest BCUT2D eigenvalue weighted by atomic mass is 9.86. The molecule has 3 fully saturated rings. The zero-order chi connectivity index (χ0) is 19.6. The van der Waals surface area contributed by atoms with Crippen LogP contribution in [0.15, 0.2) is 30.3 Å². The third-order valence-corrected chi connectivity index (χ3v) is 6.62. The van der Waals surface area contributed by atoms with Gasteiger partial charge in [0, 0.05) is 38.4 Å². The zero-order valence-corrected chi connectivity index (χ0v) is 16.4. The molecule has 1 N–H and O–H groups in total. The van der Waals surface area contributed by atoms with E-state index in [0.717, 1.165) is 45.3 Å². The first-order valence-electron chi connectivity index (χ1n) is 10.6. The number of piperidine rings is 1. The molecule has 0 bridgehead atoms. The molecule has 1 atom stereocenters. The largest absolute Gasteiger partial charge is 0.480 e. The summed E-state index contributed by atoms with van der Waals surface area (Å²) in [5, 5.41) is 9.71. The fraction of sp³-hybridized carbons (Fsp3) is 0.636.